The van der Waals surface area contributed by atoms with Gasteiger partial charge in [-0.25, -0.2) is 4.79 Å². The molecule has 1 saturated heterocycles. The molecule has 1 aliphatic heterocycles. The summed E-state index contributed by atoms with van der Waals surface area (Å²) in [7, 11) is 0. The van der Waals surface area contributed by atoms with Crippen LogP contribution in [0.1, 0.15) is 12.5 Å². The third kappa shape index (κ3) is 6.53. The third-order valence-corrected chi connectivity index (χ3v) is 3.84. The maximum Gasteiger partial charge on any atom is 0.409 e. The molecule has 2 rings (SSSR count). The van der Waals surface area contributed by atoms with E-state index in [-0.39, 0.29) is 31.0 Å². The Hall–Kier alpha value is -1.83. The van der Waals surface area contributed by atoms with Gasteiger partial charge in [0.05, 0.1) is 19.8 Å². The number of hydrogen-bond donors (Lipinski definition) is 1. The summed E-state index contributed by atoms with van der Waals surface area (Å²) in [6, 6.07) is 9.04. The molecule has 140 valence electrons. The van der Waals surface area contributed by atoms with E-state index < -0.39 is 6.04 Å². The van der Waals surface area contributed by atoms with E-state index in [4.69, 9.17) is 15.2 Å². The summed E-state index contributed by atoms with van der Waals surface area (Å²) in [5, 5.41) is 0. The van der Waals surface area contributed by atoms with Crippen molar-refractivity contribution in [2.45, 2.75) is 19.6 Å². The van der Waals surface area contributed by atoms with Crippen LogP contribution in [0.4, 0.5) is 4.79 Å². The second-order valence-corrected chi connectivity index (χ2v) is 5.62. The molecule has 7 nitrogen and oxygen atoms in total. The highest BCUT2D eigenvalue weighted by molar-refractivity contribution is 5.85. The van der Waals surface area contributed by atoms with E-state index in [1.54, 1.807) is 16.7 Å². The van der Waals surface area contributed by atoms with Crippen LogP contribution >= 0.6 is 12.4 Å². The van der Waals surface area contributed by atoms with Crippen molar-refractivity contribution in [1.82, 2.24) is 9.80 Å². The lowest BCUT2D eigenvalue weighted by Crippen LogP contribution is -2.55. The second kappa shape index (κ2) is 10.9. The monoisotopic (exact) mass is 371 g/mol. The van der Waals surface area contributed by atoms with Gasteiger partial charge < -0.3 is 25.0 Å². The van der Waals surface area contributed by atoms with E-state index in [2.05, 4.69) is 0 Å². The molecule has 1 aromatic rings. The Labute approximate surface area is 154 Å². The number of carbonyl (C=O) groups excluding carboxylic acids is 2. The first-order valence-corrected chi connectivity index (χ1v) is 8.19. The van der Waals surface area contributed by atoms with Crippen molar-refractivity contribution in [2.75, 3.05) is 39.4 Å². The normalized spacial score (nSPS) is 15.3. The number of nitrogens with zero attached hydrogens (tertiary/aromatic N) is 2. The number of carbonyl (C=O) groups is 2. The van der Waals surface area contributed by atoms with Crippen molar-refractivity contribution in [2.24, 2.45) is 5.73 Å². The maximum absolute atomic E-state index is 12.3. The summed E-state index contributed by atoms with van der Waals surface area (Å²) in [6.07, 6.45) is -0.333. The van der Waals surface area contributed by atoms with E-state index >= 15 is 0 Å². The van der Waals surface area contributed by atoms with Gasteiger partial charge in [0, 0.05) is 26.2 Å². The minimum absolute atomic E-state index is 0. The molecule has 1 atom stereocenters. The van der Waals surface area contributed by atoms with Gasteiger partial charge in [0.15, 0.2) is 0 Å². The summed E-state index contributed by atoms with van der Waals surface area (Å²) in [5.74, 6) is -0.147. The Kier molecular flexibility index (Phi) is 9.26. The van der Waals surface area contributed by atoms with Gasteiger partial charge in [-0.2, -0.15) is 0 Å². The smallest absolute Gasteiger partial charge is 0.409 e. The molecule has 0 spiro atoms. The Morgan fingerprint density at radius 1 is 1.12 bits per heavy atom. The van der Waals surface area contributed by atoms with Crippen LogP contribution in [0.25, 0.3) is 0 Å². The molecule has 0 bridgehead atoms. The number of rotatable bonds is 6. The van der Waals surface area contributed by atoms with Gasteiger partial charge in [0.1, 0.15) is 6.04 Å². The first kappa shape index (κ1) is 21.2. The van der Waals surface area contributed by atoms with Crippen molar-refractivity contribution in [1.29, 1.82) is 0 Å². The van der Waals surface area contributed by atoms with Gasteiger partial charge in [0.2, 0.25) is 5.91 Å². The van der Waals surface area contributed by atoms with Gasteiger partial charge in [-0.05, 0) is 12.5 Å². The fraction of sp³-hybridized carbons (Fsp3) is 0.529. The number of nitrogens with two attached hydrogens (primary N) is 1. The van der Waals surface area contributed by atoms with Gasteiger partial charge in [-0.1, -0.05) is 30.3 Å². The number of hydrogen-bond acceptors (Lipinski definition) is 5. The van der Waals surface area contributed by atoms with Crippen LogP contribution in [-0.4, -0.2) is 67.2 Å². The molecule has 25 heavy (non-hydrogen) atoms. The quantitative estimate of drug-likeness (QED) is 0.813. The van der Waals surface area contributed by atoms with Crippen molar-refractivity contribution >= 4 is 24.4 Å². The number of benzene rings is 1. The standard InChI is InChI=1S/C17H25N3O4.ClH/c1-2-24-17(22)20-10-8-19(9-11-20)16(21)15(18)13-23-12-14-6-4-3-5-7-14;/h3-7,15H,2,8-13,18H2,1H3;1H/t15-;/m0./s1. The van der Waals surface area contributed by atoms with Crippen molar-refractivity contribution < 1.29 is 19.1 Å². The molecule has 0 radical (unpaired) electrons. The number of ether oxygens (including phenoxy) is 2. The molecule has 1 aromatic carbocycles. The van der Waals surface area contributed by atoms with Crippen molar-refractivity contribution in [3.63, 3.8) is 0 Å². The maximum atomic E-state index is 12.3. The predicted molar refractivity (Wildman–Crippen MR) is 96.5 cm³/mol. The van der Waals surface area contributed by atoms with Gasteiger partial charge in [-0.3, -0.25) is 4.79 Å². The Morgan fingerprint density at radius 3 is 2.32 bits per heavy atom. The van der Waals surface area contributed by atoms with Crippen LogP contribution in [-0.2, 0) is 20.9 Å². The Bertz CT molecular complexity index is 536. The van der Waals surface area contributed by atoms with Crippen LogP contribution in [0.3, 0.4) is 0 Å². The largest absolute Gasteiger partial charge is 0.450 e. The zero-order chi connectivity index (χ0) is 17.4. The van der Waals surface area contributed by atoms with Crippen LogP contribution in [0, 0.1) is 0 Å². The van der Waals surface area contributed by atoms with Gasteiger partial charge in [-0.15, -0.1) is 12.4 Å². The average Bonchev–Trinajstić information content (AvgIpc) is 2.62. The summed E-state index contributed by atoms with van der Waals surface area (Å²) in [6.45, 7) is 4.57. The highest BCUT2D eigenvalue weighted by atomic mass is 35.5. The number of amides is 2. The molecule has 0 unspecified atom stereocenters. The minimum Gasteiger partial charge on any atom is -0.450 e. The Balaban J connectivity index is 0.00000312. The van der Waals surface area contributed by atoms with Crippen molar-refractivity contribution in [3.8, 4) is 0 Å². The zero-order valence-electron chi connectivity index (χ0n) is 14.4. The molecule has 0 aliphatic carbocycles. The molecule has 2 amide bonds. The molecule has 8 heteroatoms. The molecular formula is C17H26ClN3O4. The third-order valence-electron chi connectivity index (χ3n) is 3.84. The zero-order valence-corrected chi connectivity index (χ0v) is 15.2. The van der Waals surface area contributed by atoms with Gasteiger partial charge in [0.25, 0.3) is 0 Å². The first-order chi connectivity index (χ1) is 11.6. The Morgan fingerprint density at radius 2 is 1.72 bits per heavy atom. The molecule has 1 heterocycles. The molecule has 0 aromatic heterocycles. The van der Waals surface area contributed by atoms with Crippen LogP contribution in [0.2, 0.25) is 0 Å². The number of halogens is 1. The van der Waals surface area contributed by atoms with Crippen LogP contribution in [0.15, 0.2) is 30.3 Å². The molecule has 2 N–H and O–H groups in total. The fourth-order valence-electron chi connectivity index (χ4n) is 2.51. The van der Waals surface area contributed by atoms with E-state index in [1.165, 1.54) is 0 Å². The molecule has 1 fully saturated rings. The topological polar surface area (TPSA) is 85.1 Å². The lowest BCUT2D eigenvalue weighted by atomic mass is 10.2. The van der Waals surface area contributed by atoms with E-state index in [0.29, 0.717) is 39.4 Å². The van der Waals surface area contributed by atoms with E-state index in [0.717, 1.165) is 5.56 Å². The predicted octanol–water partition coefficient (Wildman–Crippen LogP) is 1.25. The van der Waals surface area contributed by atoms with Crippen LogP contribution in [0.5, 0.6) is 0 Å². The lowest BCUT2D eigenvalue weighted by Gasteiger charge is -2.35. The first-order valence-electron chi connectivity index (χ1n) is 8.19. The molecule has 0 saturated carbocycles. The SMILES string of the molecule is CCOC(=O)N1CCN(C(=O)[C@@H](N)COCc2ccccc2)CC1.Cl. The van der Waals surface area contributed by atoms with E-state index in [9.17, 15) is 9.59 Å². The summed E-state index contributed by atoms with van der Waals surface area (Å²) >= 11 is 0. The fourth-order valence-corrected chi connectivity index (χ4v) is 2.51. The molecular weight excluding hydrogens is 346 g/mol. The highest BCUT2D eigenvalue weighted by Crippen LogP contribution is 2.06. The minimum atomic E-state index is -0.692. The van der Waals surface area contributed by atoms with E-state index in [1.807, 2.05) is 30.3 Å². The average molecular weight is 372 g/mol. The molecule has 1 aliphatic rings. The lowest BCUT2D eigenvalue weighted by molar-refractivity contribution is -0.135. The van der Waals surface area contributed by atoms with Crippen molar-refractivity contribution in [3.05, 3.63) is 35.9 Å². The summed E-state index contributed by atoms with van der Waals surface area (Å²) in [5.41, 5.74) is 6.97. The number of piperazine rings is 1. The second-order valence-electron chi connectivity index (χ2n) is 5.62. The summed E-state index contributed by atoms with van der Waals surface area (Å²) < 4.78 is 10.5. The van der Waals surface area contributed by atoms with Crippen LogP contribution < -0.4 is 5.73 Å². The highest BCUT2D eigenvalue weighted by Gasteiger charge is 2.27. The summed E-state index contributed by atoms with van der Waals surface area (Å²) in [4.78, 5) is 27.2. The van der Waals surface area contributed by atoms with Gasteiger partial charge >= 0.3 is 6.09 Å².